The van der Waals surface area contributed by atoms with Crippen molar-refractivity contribution in [3.05, 3.63) is 119 Å². The average molecular weight is 639 g/mol. The topological polar surface area (TPSA) is 180 Å². The van der Waals surface area contributed by atoms with Crippen LogP contribution in [0.15, 0.2) is 91.0 Å². The third-order valence-electron chi connectivity index (χ3n) is 6.72. The van der Waals surface area contributed by atoms with Gasteiger partial charge < -0.3 is 18.9 Å². The van der Waals surface area contributed by atoms with Crippen molar-refractivity contribution in [2.75, 3.05) is 13.5 Å². The predicted octanol–water partition coefficient (Wildman–Crippen LogP) is 2.51. The summed E-state index contributed by atoms with van der Waals surface area (Å²) in [5.41, 5.74) is 0.875. The van der Waals surface area contributed by atoms with Gasteiger partial charge in [-0.3, -0.25) is 19.2 Å². The summed E-state index contributed by atoms with van der Waals surface area (Å²) >= 11 is 0. The normalized spacial score (nSPS) is 13.6. The highest BCUT2D eigenvalue weighted by atomic mass is 16.6. The van der Waals surface area contributed by atoms with Gasteiger partial charge in [0, 0.05) is 24.3 Å². The Hall–Kier alpha value is -6.70. The Morgan fingerprint density at radius 3 is 1.34 bits per heavy atom. The number of hydrogen-bond donors (Lipinski definition) is 0. The van der Waals surface area contributed by atoms with Crippen LogP contribution in [0.1, 0.15) is 47.0 Å². The second kappa shape index (κ2) is 13.5. The van der Waals surface area contributed by atoms with E-state index in [0.29, 0.717) is 5.56 Å². The lowest BCUT2D eigenvalue weighted by Crippen LogP contribution is -2.33. The first-order valence-electron chi connectivity index (χ1n) is 13.7. The van der Waals surface area contributed by atoms with Crippen LogP contribution in [0.5, 0.6) is 11.5 Å². The third-order valence-corrected chi connectivity index (χ3v) is 6.72. The molecule has 0 spiro atoms. The summed E-state index contributed by atoms with van der Waals surface area (Å²) in [4.78, 5) is 97.7. The zero-order valence-corrected chi connectivity index (χ0v) is 24.4. The van der Waals surface area contributed by atoms with Gasteiger partial charge in [0.1, 0.15) is 11.5 Å². The minimum absolute atomic E-state index is 0.0768. The molecule has 0 aliphatic carbocycles. The molecule has 0 aromatic heterocycles. The molecule has 0 unspecified atom stereocenters. The van der Waals surface area contributed by atoms with Crippen molar-refractivity contribution in [3.8, 4) is 11.5 Å². The van der Waals surface area contributed by atoms with Crippen molar-refractivity contribution >= 4 is 47.5 Å². The molecule has 3 aromatic carbocycles. The first kappa shape index (κ1) is 31.7. The van der Waals surface area contributed by atoms with Gasteiger partial charge in [0.15, 0.2) is 13.5 Å². The van der Waals surface area contributed by atoms with Gasteiger partial charge in [0.2, 0.25) is 0 Å². The summed E-state index contributed by atoms with van der Waals surface area (Å²) in [6.07, 6.45) is 4.26. The number of benzene rings is 3. The van der Waals surface area contributed by atoms with Crippen LogP contribution in [0.2, 0.25) is 0 Å². The van der Waals surface area contributed by atoms with E-state index in [4.69, 9.17) is 18.9 Å². The summed E-state index contributed by atoms with van der Waals surface area (Å²) in [5, 5.41) is 0. The maximum atomic E-state index is 12.7. The van der Waals surface area contributed by atoms with Crippen LogP contribution in [0, 0.1) is 6.92 Å². The Morgan fingerprint density at radius 2 is 0.894 bits per heavy atom. The quantitative estimate of drug-likeness (QED) is 0.180. The van der Waals surface area contributed by atoms with E-state index in [2.05, 4.69) is 0 Å². The van der Waals surface area contributed by atoms with Crippen LogP contribution in [0.25, 0.3) is 0 Å². The predicted molar refractivity (Wildman–Crippen MR) is 157 cm³/mol. The molecule has 14 heteroatoms. The molecule has 2 aliphatic rings. The molecule has 0 fully saturated rings. The Morgan fingerprint density at radius 1 is 0.511 bits per heavy atom. The van der Waals surface area contributed by atoms with Crippen molar-refractivity contribution in [2.45, 2.75) is 6.92 Å². The van der Waals surface area contributed by atoms with Crippen LogP contribution >= 0.6 is 0 Å². The third kappa shape index (κ3) is 7.34. The first-order valence-corrected chi connectivity index (χ1v) is 13.7. The van der Waals surface area contributed by atoms with Gasteiger partial charge in [-0.25, -0.2) is 29.0 Å². The Bertz CT molecular complexity index is 1860. The number of rotatable bonds is 10. The standard InChI is InChI=1S/C33H22N2O12/c1-19-16-23(33(43)46-24-9-6-21(7-10-24)31(41)45-18-35-28(38)14-15-29(35)39)8-11-25(19)47-32(42)22-4-2-20(3-5-22)30(40)44-17-34-26(36)12-13-27(34)37/h2-16H,17-18H2,1H3. The van der Waals surface area contributed by atoms with E-state index in [1.165, 1.54) is 66.7 Å². The molecule has 4 amide bonds. The highest BCUT2D eigenvalue weighted by molar-refractivity contribution is 6.13. The lowest BCUT2D eigenvalue weighted by molar-refractivity contribution is -0.142. The zero-order chi connectivity index (χ0) is 33.7. The number of imide groups is 2. The average Bonchev–Trinajstić information content (AvgIpc) is 3.57. The molecule has 0 saturated heterocycles. The van der Waals surface area contributed by atoms with Crippen molar-refractivity contribution in [2.24, 2.45) is 0 Å². The lowest BCUT2D eigenvalue weighted by atomic mass is 10.1. The molecule has 0 atom stereocenters. The molecule has 5 rings (SSSR count). The summed E-state index contributed by atoms with van der Waals surface area (Å²) in [5.74, 6) is -5.15. The SMILES string of the molecule is Cc1cc(C(=O)Oc2ccc(C(=O)OCN3C(=O)C=CC3=O)cc2)ccc1OC(=O)c1ccc(C(=O)OCN2C(=O)C=CC2=O)cc1. The zero-order valence-electron chi connectivity index (χ0n) is 24.4. The van der Waals surface area contributed by atoms with Crippen molar-refractivity contribution < 1.29 is 57.3 Å². The fraction of sp³-hybridized carbons (Fsp3) is 0.0909. The van der Waals surface area contributed by atoms with Crippen LogP contribution in [0.4, 0.5) is 0 Å². The Kier molecular flexibility index (Phi) is 9.12. The number of carbonyl (C=O) groups excluding carboxylic acids is 8. The molecule has 236 valence electrons. The minimum atomic E-state index is -0.808. The van der Waals surface area contributed by atoms with E-state index < -0.39 is 61.0 Å². The van der Waals surface area contributed by atoms with E-state index in [1.54, 1.807) is 6.92 Å². The number of hydrogen-bond acceptors (Lipinski definition) is 12. The summed E-state index contributed by atoms with van der Waals surface area (Å²) in [6, 6.07) is 15.0. The van der Waals surface area contributed by atoms with E-state index in [-0.39, 0.29) is 33.8 Å². The van der Waals surface area contributed by atoms with Gasteiger partial charge >= 0.3 is 23.9 Å². The molecular formula is C33H22N2O12. The van der Waals surface area contributed by atoms with Crippen molar-refractivity contribution in [1.29, 1.82) is 0 Å². The van der Waals surface area contributed by atoms with Crippen molar-refractivity contribution in [3.63, 3.8) is 0 Å². The van der Waals surface area contributed by atoms with Crippen LogP contribution < -0.4 is 9.47 Å². The maximum Gasteiger partial charge on any atom is 0.343 e. The number of carbonyl (C=O) groups is 8. The smallest absolute Gasteiger partial charge is 0.343 e. The van der Waals surface area contributed by atoms with E-state index >= 15 is 0 Å². The van der Waals surface area contributed by atoms with E-state index in [1.807, 2.05) is 0 Å². The summed E-state index contributed by atoms with van der Waals surface area (Å²) < 4.78 is 20.8. The highest BCUT2D eigenvalue weighted by Crippen LogP contribution is 2.23. The molecule has 14 nitrogen and oxygen atoms in total. The molecule has 0 radical (unpaired) electrons. The van der Waals surface area contributed by atoms with Gasteiger partial charge in [-0.1, -0.05) is 0 Å². The molecule has 0 N–H and O–H groups in total. The van der Waals surface area contributed by atoms with Crippen LogP contribution in [-0.2, 0) is 28.7 Å². The molecular weight excluding hydrogens is 616 g/mol. The molecule has 0 saturated carbocycles. The number of nitrogens with zero attached hydrogens (tertiary/aromatic N) is 2. The summed E-state index contributed by atoms with van der Waals surface area (Å²) in [7, 11) is 0. The lowest BCUT2D eigenvalue weighted by Gasteiger charge is -2.14. The van der Waals surface area contributed by atoms with Gasteiger partial charge in [-0.05, 0) is 79.2 Å². The van der Waals surface area contributed by atoms with Crippen LogP contribution in [0.3, 0.4) is 0 Å². The Labute approximate surface area is 265 Å². The summed E-state index contributed by atoms with van der Waals surface area (Å²) in [6.45, 7) is 0.524. The van der Waals surface area contributed by atoms with Gasteiger partial charge in [-0.15, -0.1) is 0 Å². The first-order chi connectivity index (χ1) is 22.5. The fourth-order valence-corrected chi connectivity index (χ4v) is 4.15. The molecule has 3 aromatic rings. The Balaban J connectivity index is 1.12. The van der Waals surface area contributed by atoms with E-state index in [0.717, 1.165) is 34.1 Å². The molecule has 2 heterocycles. The monoisotopic (exact) mass is 638 g/mol. The van der Waals surface area contributed by atoms with E-state index in [9.17, 15) is 38.4 Å². The van der Waals surface area contributed by atoms with Gasteiger partial charge in [-0.2, -0.15) is 0 Å². The highest BCUT2D eigenvalue weighted by Gasteiger charge is 2.26. The second-order valence-electron chi connectivity index (χ2n) is 9.86. The molecule has 2 aliphatic heterocycles. The number of amides is 4. The number of esters is 4. The molecule has 47 heavy (non-hydrogen) atoms. The minimum Gasteiger partial charge on any atom is -0.440 e. The number of ether oxygens (including phenoxy) is 4. The van der Waals surface area contributed by atoms with Gasteiger partial charge in [0.25, 0.3) is 23.6 Å². The second-order valence-corrected chi connectivity index (χ2v) is 9.86. The van der Waals surface area contributed by atoms with Gasteiger partial charge in [0.05, 0.1) is 22.3 Å². The van der Waals surface area contributed by atoms with Crippen LogP contribution in [-0.4, -0.2) is 70.8 Å². The maximum absolute atomic E-state index is 12.7. The molecule has 0 bridgehead atoms. The number of aryl methyl sites for hydroxylation is 1. The largest absolute Gasteiger partial charge is 0.440 e. The van der Waals surface area contributed by atoms with Crippen molar-refractivity contribution in [1.82, 2.24) is 9.80 Å². The fourth-order valence-electron chi connectivity index (χ4n) is 4.15.